The van der Waals surface area contributed by atoms with Crippen LogP contribution in [0.2, 0.25) is 0 Å². The Hall–Kier alpha value is -2.62. The van der Waals surface area contributed by atoms with Gasteiger partial charge in [0, 0.05) is 23.0 Å². The van der Waals surface area contributed by atoms with Gasteiger partial charge in [-0.05, 0) is 25.8 Å². The van der Waals surface area contributed by atoms with E-state index < -0.39 is 0 Å². The Balaban J connectivity index is 2.17. The zero-order valence-corrected chi connectivity index (χ0v) is 13.4. The van der Waals surface area contributed by atoms with Crippen molar-refractivity contribution in [2.24, 2.45) is 0 Å². The lowest BCUT2D eigenvalue weighted by atomic mass is 10.0. The molecule has 0 aliphatic heterocycles. The summed E-state index contributed by atoms with van der Waals surface area (Å²) in [5.41, 5.74) is 3.55. The van der Waals surface area contributed by atoms with Crippen molar-refractivity contribution < 1.29 is 4.79 Å². The zero-order chi connectivity index (χ0) is 16.4. The number of ketones is 1. The maximum Gasteiger partial charge on any atom is 0.256 e. The highest BCUT2D eigenvalue weighted by molar-refractivity contribution is 6.12. The Bertz CT molecular complexity index is 904. The molecule has 4 heteroatoms. The maximum absolute atomic E-state index is 12.8. The predicted octanol–water partition coefficient (Wildman–Crippen LogP) is 3.51. The third-order valence-electron chi connectivity index (χ3n) is 4.19. The minimum atomic E-state index is -0.110. The van der Waals surface area contributed by atoms with Crippen molar-refractivity contribution >= 4 is 11.4 Å². The van der Waals surface area contributed by atoms with Gasteiger partial charge in [-0.3, -0.25) is 14.0 Å². The van der Waals surface area contributed by atoms with Gasteiger partial charge in [0.15, 0.2) is 5.78 Å². The van der Waals surface area contributed by atoms with E-state index in [1.54, 1.807) is 22.6 Å². The van der Waals surface area contributed by atoms with E-state index in [2.05, 4.69) is 11.9 Å². The van der Waals surface area contributed by atoms with Crippen LogP contribution in [0.4, 0.5) is 0 Å². The number of nitrogens with one attached hydrogen (secondary N) is 1. The van der Waals surface area contributed by atoms with E-state index in [0.717, 1.165) is 30.7 Å². The number of carbonyl (C=O) groups is 1. The van der Waals surface area contributed by atoms with Crippen molar-refractivity contribution in [3.63, 3.8) is 0 Å². The molecule has 2 heterocycles. The smallest absolute Gasteiger partial charge is 0.256 e. The SMILES string of the molecule is CCCCc1[nH]c2c(C(=O)c3ccccc3)ccc(=O)n2c1C. The summed E-state index contributed by atoms with van der Waals surface area (Å²) in [5, 5.41) is 0. The molecule has 0 saturated heterocycles. The van der Waals surface area contributed by atoms with Gasteiger partial charge in [0.05, 0.1) is 5.56 Å². The van der Waals surface area contributed by atoms with Crippen molar-refractivity contribution in [2.45, 2.75) is 33.1 Å². The van der Waals surface area contributed by atoms with Gasteiger partial charge in [-0.25, -0.2) is 0 Å². The lowest BCUT2D eigenvalue weighted by Crippen LogP contribution is -2.15. The number of hydrogen-bond acceptors (Lipinski definition) is 2. The van der Waals surface area contributed by atoms with Crippen LogP contribution in [0.3, 0.4) is 0 Å². The molecule has 4 nitrogen and oxygen atoms in total. The van der Waals surface area contributed by atoms with Gasteiger partial charge >= 0.3 is 0 Å². The van der Waals surface area contributed by atoms with Crippen molar-refractivity contribution in [1.29, 1.82) is 0 Å². The Morgan fingerprint density at radius 2 is 1.87 bits per heavy atom. The standard InChI is InChI=1S/C19H20N2O2/c1-3-4-10-16-13(2)21-17(22)12-11-15(19(21)20-16)18(23)14-8-6-5-7-9-14/h5-9,11-12,20H,3-4,10H2,1-2H3. The summed E-state index contributed by atoms with van der Waals surface area (Å²) >= 11 is 0. The summed E-state index contributed by atoms with van der Waals surface area (Å²) in [6, 6.07) is 12.2. The van der Waals surface area contributed by atoms with Gasteiger partial charge in [-0.1, -0.05) is 43.7 Å². The number of nitrogens with zero attached hydrogens (tertiary/aromatic N) is 1. The first-order chi connectivity index (χ1) is 11.1. The Kier molecular flexibility index (Phi) is 4.15. The normalized spacial score (nSPS) is 11.0. The predicted molar refractivity (Wildman–Crippen MR) is 91.2 cm³/mol. The monoisotopic (exact) mass is 308 g/mol. The van der Waals surface area contributed by atoms with E-state index in [9.17, 15) is 9.59 Å². The first-order valence-corrected chi connectivity index (χ1v) is 7.96. The molecular formula is C19H20N2O2. The number of H-pyrrole nitrogens is 1. The molecule has 0 bridgehead atoms. The second-order valence-corrected chi connectivity index (χ2v) is 5.76. The molecule has 0 radical (unpaired) electrons. The van der Waals surface area contributed by atoms with E-state index in [1.807, 2.05) is 25.1 Å². The number of aromatic nitrogens is 2. The van der Waals surface area contributed by atoms with Gasteiger partial charge in [-0.2, -0.15) is 0 Å². The van der Waals surface area contributed by atoms with Crippen LogP contribution < -0.4 is 5.56 Å². The van der Waals surface area contributed by atoms with Crippen LogP contribution in [-0.2, 0) is 6.42 Å². The fraction of sp³-hybridized carbons (Fsp3) is 0.263. The second kappa shape index (κ2) is 6.24. The molecule has 0 unspecified atom stereocenters. The van der Waals surface area contributed by atoms with Crippen LogP contribution in [0.15, 0.2) is 47.3 Å². The third-order valence-corrected chi connectivity index (χ3v) is 4.19. The van der Waals surface area contributed by atoms with Gasteiger partial charge in [-0.15, -0.1) is 0 Å². The number of fused-ring (bicyclic) bond motifs is 1. The molecule has 0 spiro atoms. The largest absolute Gasteiger partial charge is 0.343 e. The highest BCUT2D eigenvalue weighted by Crippen LogP contribution is 2.18. The quantitative estimate of drug-likeness (QED) is 0.733. The average Bonchev–Trinajstić information content (AvgIpc) is 2.91. The van der Waals surface area contributed by atoms with Crippen LogP contribution in [0.25, 0.3) is 5.65 Å². The zero-order valence-electron chi connectivity index (χ0n) is 13.4. The summed E-state index contributed by atoms with van der Waals surface area (Å²) < 4.78 is 1.61. The summed E-state index contributed by atoms with van der Waals surface area (Å²) in [6.45, 7) is 4.06. The summed E-state index contributed by atoms with van der Waals surface area (Å²) in [4.78, 5) is 28.3. The highest BCUT2D eigenvalue weighted by atomic mass is 16.1. The maximum atomic E-state index is 12.8. The van der Waals surface area contributed by atoms with Crippen LogP contribution in [0.5, 0.6) is 0 Å². The molecule has 3 rings (SSSR count). The third kappa shape index (κ3) is 2.72. The highest BCUT2D eigenvalue weighted by Gasteiger charge is 2.17. The lowest BCUT2D eigenvalue weighted by Gasteiger charge is -2.03. The Morgan fingerprint density at radius 1 is 1.13 bits per heavy atom. The molecule has 1 N–H and O–H groups in total. The van der Waals surface area contributed by atoms with E-state index in [1.165, 1.54) is 6.07 Å². The van der Waals surface area contributed by atoms with Crippen LogP contribution in [-0.4, -0.2) is 15.2 Å². The molecule has 23 heavy (non-hydrogen) atoms. The molecule has 0 saturated carbocycles. The number of aryl methyl sites for hydroxylation is 2. The average molecular weight is 308 g/mol. The van der Waals surface area contributed by atoms with Gasteiger partial charge in [0.25, 0.3) is 5.56 Å². The molecule has 1 aromatic carbocycles. The van der Waals surface area contributed by atoms with Gasteiger partial charge < -0.3 is 4.98 Å². The Labute approximate surface area is 134 Å². The van der Waals surface area contributed by atoms with Crippen molar-refractivity contribution in [3.05, 3.63) is 75.3 Å². The summed E-state index contributed by atoms with van der Waals surface area (Å²) in [6.07, 6.45) is 3.01. The number of carbonyl (C=O) groups excluding carboxylic acids is 1. The van der Waals surface area contributed by atoms with E-state index in [4.69, 9.17) is 0 Å². The first-order valence-electron chi connectivity index (χ1n) is 7.96. The number of pyridine rings is 1. The molecule has 0 amide bonds. The van der Waals surface area contributed by atoms with Crippen LogP contribution >= 0.6 is 0 Å². The Morgan fingerprint density at radius 3 is 2.57 bits per heavy atom. The minimum Gasteiger partial charge on any atom is -0.343 e. The molecule has 3 aromatic rings. The minimum absolute atomic E-state index is 0.0774. The molecule has 2 aromatic heterocycles. The number of rotatable bonds is 5. The number of unbranched alkanes of at least 4 members (excludes halogenated alkanes) is 1. The van der Waals surface area contributed by atoms with Crippen molar-refractivity contribution in [1.82, 2.24) is 9.38 Å². The number of imidazole rings is 1. The van der Waals surface area contributed by atoms with E-state index in [0.29, 0.717) is 16.8 Å². The molecule has 0 fully saturated rings. The molecule has 118 valence electrons. The molecule has 0 aliphatic carbocycles. The number of benzene rings is 1. The topological polar surface area (TPSA) is 54.3 Å². The molecule has 0 aliphatic rings. The first kappa shape index (κ1) is 15.3. The fourth-order valence-electron chi connectivity index (χ4n) is 2.89. The van der Waals surface area contributed by atoms with E-state index >= 15 is 0 Å². The van der Waals surface area contributed by atoms with Crippen molar-refractivity contribution in [2.75, 3.05) is 0 Å². The van der Waals surface area contributed by atoms with Crippen LogP contribution in [0, 0.1) is 6.92 Å². The number of hydrogen-bond donors (Lipinski definition) is 1. The van der Waals surface area contributed by atoms with Crippen molar-refractivity contribution in [3.8, 4) is 0 Å². The second-order valence-electron chi connectivity index (χ2n) is 5.76. The molecular weight excluding hydrogens is 288 g/mol. The summed E-state index contributed by atoms with van der Waals surface area (Å²) in [7, 11) is 0. The van der Waals surface area contributed by atoms with Gasteiger partial charge in [0.2, 0.25) is 0 Å². The van der Waals surface area contributed by atoms with Crippen LogP contribution in [0.1, 0.15) is 47.1 Å². The fourth-order valence-corrected chi connectivity index (χ4v) is 2.89. The number of aromatic amines is 1. The molecule has 0 atom stereocenters. The van der Waals surface area contributed by atoms with E-state index in [-0.39, 0.29) is 11.3 Å². The van der Waals surface area contributed by atoms with Gasteiger partial charge in [0.1, 0.15) is 5.65 Å². The summed E-state index contributed by atoms with van der Waals surface area (Å²) in [5.74, 6) is -0.0774. The lowest BCUT2D eigenvalue weighted by molar-refractivity contribution is 0.104.